The number of nitrogens with zero attached hydrogens (tertiary/aromatic N) is 5. The fourth-order valence-corrected chi connectivity index (χ4v) is 4.11. The normalized spacial score (nSPS) is 21.9. The van der Waals surface area contributed by atoms with E-state index in [1.54, 1.807) is 18.5 Å². The molecule has 0 unspecified atom stereocenters. The topological polar surface area (TPSA) is 76.1 Å². The Morgan fingerprint density at radius 1 is 1.11 bits per heavy atom. The van der Waals surface area contributed by atoms with Crippen molar-refractivity contribution in [3.63, 3.8) is 0 Å². The van der Waals surface area contributed by atoms with Crippen LogP contribution in [0.15, 0.2) is 24.5 Å². The lowest BCUT2D eigenvalue weighted by atomic mass is 9.94. The van der Waals surface area contributed by atoms with Gasteiger partial charge in [-0.2, -0.15) is 0 Å². The van der Waals surface area contributed by atoms with Crippen LogP contribution >= 0.6 is 0 Å². The maximum absolute atomic E-state index is 5.53. The van der Waals surface area contributed by atoms with Crippen molar-refractivity contribution >= 4 is 11.8 Å². The van der Waals surface area contributed by atoms with Gasteiger partial charge in [0.2, 0.25) is 5.95 Å². The summed E-state index contributed by atoms with van der Waals surface area (Å²) in [6.07, 6.45) is 9.46. The maximum Gasteiger partial charge on any atom is 0.228 e. The van der Waals surface area contributed by atoms with Gasteiger partial charge in [0.05, 0.1) is 11.7 Å². The lowest BCUT2D eigenvalue weighted by molar-refractivity contribution is 0.0376. The number of nitrogens with one attached hydrogen (secondary N) is 1. The Morgan fingerprint density at radius 3 is 2.74 bits per heavy atom. The van der Waals surface area contributed by atoms with Gasteiger partial charge in [-0.3, -0.25) is 4.90 Å². The van der Waals surface area contributed by atoms with Crippen LogP contribution in [0.1, 0.15) is 49.7 Å². The zero-order chi connectivity index (χ0) is 18.5. The number of ether oxygens (including phenoxy) is 1. The lowest BCUT2D eigenvalue weighted by Crippen LogP contribution is -2.39. The Hall–Kier alpha value is -2.12. The van der Waals surface area contributed by atoms with E-state index in [1.807, 2.05) is 6.92 Å². The smallest absolute Gasteiger partial charge is 0.228 e. The van der Waals surface area contributed by atoms with Crippen molar-refractivity contribution in [2.24, 2.45) is 5.92 Å². The Bertz CT molecular complexity index is 735. The number of rotatable bonds is 5. The fraction of sp³-hybridized carbons (Fsp3) is 0.600. The van der Waals surface area contributed by atoms with Crippen LogP contribution in [0.25, 0.3) is 0 Å². The molecule has 2 saturated heterocycles. The van der Waals surface area contributed by atoms with Crippen LogP contribution < -0.4 is 5.32 Å². The second kappa shape index (κ2) is 8.71. The third kappa shape index (κ3) is 4.78. The predicted molar refractivity (Wildman–Crippen MR) is 104 cm³/mol. The molecule has 7 heteroatoms. The minimum atomic E-state index is 0.362. The van der Waals surface area contributed by atoms with Crippen molar-refractivity contribution in [1.29, 1.82) is 0 Å². The lowest BCUT2D eigenvalue weighted by Gasteiger charge is -2.38. The van der Waals surface area contributed by atoms with Gasteiger partial charge in [-0.1, -0.05) is 6.42 Å². The molecule has 0 bridgehead atoms. The number of likely N-dealkylation sites (tertiary alicyclic amines) is 1. The van der Waals surface area contributed by atoms with Crippen molar-refractivity contribution in [2.75, 3.05) is 31.6 Å². The largest absolute Gasteiger partial charge is 0.381 e. The number of aryl methyl sites for hydroxylation is 1. The van der Waals surface area contributed by atoms with Crippen molar-refractivity contribution < 1.29 is 4.74 Å². The van der Waals surface area contributed by atoms with Crippen LogP contribution in [-0.4, -0.2) is 51.1 Å². The Balaban J connectivity index is 1.52. The van der Waals surface area contributed by atoms with Gasteiger partial charge in [-0.15, -0.1) is 0 Å². The van der Waals surface area contributed by atoms with Crippen LogP contribution in [0.3, 0.4) is 0 Å². The number of hydrogen-bond acceptors (Lipinski definition) is 7. The summed E-state index contributed by atoms with van der Waals surface area (Å²) in [5, 5.41) is 3.21. The molecule has 2 aromatic heterocycles. The van der Waals surface area contributed by atoms with Gasteiger partial charge in [-0.25, -0.2) is 19.9 Å². The molecule has 0 spiro atoms. The number of aromatic nitrogens is 4. The average Bonchev–Trinajstić information content (AvgIpc) is 2.69. The molecule has 7 nitrogen and oxygen atoms in total. The molecule has 4 heterocycles. The molecule has 0 aliphatic carbocycles. The van der Waals surface area contributed by atoms with Crippen molar-refractivity contribution in [1.82, 2.24) is 24.8 Å². The fourth-order valence-electron chi connectivity index (χ4n) is 4.11. The summed E-state index contributed by atoms with van der Waals surface area (Å²) < 4.78 is 5.53. The third-order valence-electron chi connectivity index (χ3n) is 5.45. The zero-order valence-corrected chi connectivity index (χ0v) is 16.0. The van der Waals surface area contributed by atoms with Crippen LogP contribution in [0.4, 0.5) is 11.8 Å². The molecule has 27 heavy (non-hydrogen) atoms. The summed E-state index contributed by atoms with van der Waals surface area (Å²) in [4.78, 5) is 20.4. The quantitative estimate of drug-likeness (QED) is 0.868. The first-order valence-electron chi connectivity index (χ1n) is 9.99. The molecule has 2 aromatic rings. The van der Waals surface area contributed by atoms with Crippen LogP contribution in [0.2, 0.25) is 0 Å². The molecule has 1 atom stereocenters. The van der Waals surface area contributed by atoms with Gasteiger partial charge >= 0.3 is 0 Å². The van der Waals surface area contributed by atoms with Crippen molar-refractivity contribution in [2.45, 2.75) is 45.1 Å². The molecule has 2 fully saturated rings. The van der Waals surface area contributed by atoms with Crippen molar-refractivity contribution in [3.05, 3.63) is 36.0 Å². The van der Waals surface area contributed by atoms with Gasteiger partial charge in [0.25, 0.3) is 0 Å². The first-order chi connectivity index (χ1) is 13.3. The summed E-state index contributed by atoms with van der Waals surface area (Å²) >= 11 is 0. The van der Waals surface area contributed by atoms with E-state index in [-0.39, 0.29) is 0 Å². The monoisotopic (exact) mass is 368 g/mol. The second-order valence-electron chi connectivity index (χ2n) is 7.48. The third-order valence-corrected chi connectivity index (χ3v) is 5.45. The highest BCUT2D eigenvalue weighted by Crippen LogP contribution is 2.32. The molecule has 0 amide bonds. The molecule has 2 aliphatic rings. The van der Waals surface area contributed by atoms with E-state index in [4.69, 9.17) is 9.72 Å². The molecule has 0 aromatic carbocycles. The molecule has 0 saturated carbocycles. The Labute approximate surface area is 160 Å². The first-order valence-corrected chi connectivity index (χ1v) is 9.99. The highest BCUT2D eigenvalue weighted by Gasteiger charge is 2.28. The van der Waals surface area contributed by atoms with E-state index in [1.165, 1.54) is 25.7 Å². The van der Waals surface area contributed by atoms with Gasteiger partial charge in [0.1, 0.15) is 11.6 Å². The summed E-state index contributed by atoms with van der Waals surface area (Å²) in [6, 6.07) is 4.23. The summed E-state index contributed by atoms with van der Waals surface area (Å²) in [5.74, 6) is 2.84. The van der Waals surface area contributed by atoms with E-state index in [0.717, 1.165) is 56.0 Å². The van der Waals surface area contributed by atoms with E-state index in [9.17, 15) is 0 Å². The number of anilines is 2. The molecule has 1 N–H and O–H groups in total. The highest BCUT2D eigenvalue weighted by molar-refractivity contribution is 5.48. The van der Waals surface area contributed by atoms with Crippen LogP contribution in [-0.2, 0) is 4.74 Å². The summed E-state index contributed by atoms with van der Waals surface area (Å²) in [7, 11) is 0. The standard InChI is InChI=1S/C20H28N6O/c1-15-23-17(13-19(24-15)25-20-21-8-4-9-22-20)18-5-2-3-10-26(18)14-16-6-11-27-12-7-16/h4,8-9,13,16,18H,2-3,5-7,10-12,14H2,1H3,(H,21,22,23,24,25)/t18-/m1/s1. The predicted octanol–water partition coefficient (Wildman–Crippen LogP) is 3.27. The van der Waals surface area contributed by atoms with E-state index >= 15 is 0 Å². The maximum atomic E-state index is 5.53. The van der Waals surface area contributed by atoms with E-state index < -0.39 is 0 Å². The highest BCUT2D eigenvalue weighted by atomic mass is 16.5. The summed E-state index contributed by atoms with van der Waals surface area (Å²) in [6.45, 7) is 6.05. The van der Waals surface area contributed by atoms with Gasteiger partial charge < -0.3 is 10.1 Å². The Kier molecular flexibility index (Phi) is 5.89. The number of hydrogen-bond donors (Lipinski definition) is 1. The van der Waals surface area contributed by atoms with Gasteiger partial charge in [-0.05, 0) is 51.1 Å². The molecule has 2 aliphatic heterocycles. The average molecular weight is 368 g/mol. The molecule has 0 radical (unpaired) electrons. The van der Waals surface area contributed by atoms with Crippen LogP contribution in [0, 0.1) is 12.8 Å². The minimum absolute atomic E-state index is 0.362. The SMILES string of the molecule is Cc1nc(Nc2ncccn2)cc([C@H]2CCCCN2CC2CCOCC2)n1. The molecule has 144 valence electrons. The first kappa shape index (κ1) is 18.3. The van der Waals surface area contributed by atoms with E-state index in [2.05, 4.69) is 31.2 Å². The number of piperidine rings is 1. The van der Waals surface area contributed by atoms with Gasteiger partial charge in [0, 0.05) is 38.2 Å². The summed E-state index contributed by atoms with van der Waals surface area (Å²) in [5.41, 5.74) is 1.10. The van der Waals surface area contributed by atoms with E-state index in [0.29, 0.717) is 12.0 Å². The second-order valence-corrected chi connectivity index (χ2v) is 7.48. The molecular formula is C20H28N6O. The zero-order valence-electron chi connectivity index (χ0n) is 16.0. The minimum Gasteiger partial charge on any atom is -0.381 e. The van der Waals surface area contributed by atoms with Crippen LogP contribution in [0.5, 0.6) is 0 Å². The molecular weight excluding hydrogens is 340 g/mol. The Morgan fingerprint density at radius 2 is 1.93 bits per heavy atom. The molecule has 4 rings (SSSR count). The van der Waals surface area contributed by atoms with Gasteiger partial charge in [0.15, 0.2) is 0 Å². The van der Waals surface area contributed by atoms with Crippen molar-refractivity contribution in [3.8, 4) is 0 Å².